The number of anilines is 1. The lowest BCUT2D eigenvalue weighted by atomic mass is 9.99. The van der Waals surface area contributed by atoms with E-state index >= 15 is 0 Å². The van der Waals surface area contributed by atoms with Crippen molar-refractivity contribution in [2.45, 2.75) is 38.8 Å². The molecule has 0 saturated carbocycles. The van der Waals surface area contributed by atoms with Gasteiger partial charge >= 0.3 is 0 Å². The number of amides is 4. The van der Waals surface area contributed by atoms with E-state index in [1.54, 1.807) is 18.3 Å². The summed E-state index contributed by atoms with van der Waals surface area (Å²) >= 11 is 0. The largest absolute Gasteiger partial charge is 0.399 e. The van der Waals surface area contributed by atoms with Crippen LogP contribution in [0.1, 0.15) is 34.7 Å². The molecule has 2 atom stereocenters. The predicted octanol–water partition coefficient (Wildman–Crippen LogP) is 3.41. The standard InChI is InChI=1S/C28H31N5O4.C7H9N/c1-4-19-11-10-18(12-20(19)5-2)13-25(32-17(3)34)28(37)31-16-26(35)33-24(27(29)36)14-21-15-30-23-9-7-6-8-22(21)23;1-6-2-4-7(8)5-3-6/h4-12,15,24-25,30H,1-2,13-14,16H2,3H3,(H2,29,36)(H,31,37)(H,32,34)(H,33,35);2-5H,8H2,1H3/t24-,25?;/m0./s1. The number of para-hydroxylation sites is 1. The molecule has 234 valence electrons. The highest BCUT2D eigenvalue weighted by atomic mass is 16.2. The third-order valence-electron chi connectivity index (χ3n) is 7.00. The predicted molar refractivity (Wildman–Crippen MR) is 180 cm³/mol. The van der Waals surface area contributed by atoms with Gasteiger partial charge in [-0.2, -0.15) is 0 Å². The Kier molecular flexibility index (Phi) is 12.2. The topological polar surface area (TPSA) is 172 Å². The van der Waals surface area contributed by atoms with Gasteiger partial charge in [0, 0.05) is 42.6 Å². The Morgan fingerprint density at radius 1 is 0.889 bits per heavy atom. The lowest BCUT2D eigenvalue weighted by molar-refractivity contribution is -0.130. The first kappa shape index (κ1) is 33.9. The van der Waals surface area contributed by atoms with E-state index in [-0.39, 0.29) is 25.3 Å². The molecular formula is C35H40N6O4. The van der Waals surface area contributed by atoms with Gasteiger partial charge in [0.05, 0.1) is 6.54 Å². The molecule has 10 heteroatoms. The third kappa shape index (κ3) is 10.2. The molecule has 1 unspecified atom stereocenters. The number of primary amides is 1. The molecule has 0 bridgehead atoms. The van der Waals surface area contributed by atoms with Gasteiger partial charge in [-0.15, -0.1) is 0 Å². The Balaban J connectivity index is 0.000000598. The fourth-order valence-corrected chi connectivity index (χ4v) is 4.65. The minimum absolute atomic E-state index is 0.194. The summed E-state index contributed by atoms with van der Waals surface area (Å²) in [5, 5.41) is 8.66. The summed E-state index contributed by atoms with van der Waals surface area (Å²) in [7, 11) is 0. The summed E-state index contributed by atoms with van der Waals surface area (Å²) in [4.78, 5) is 52.3. The number of H-pyrrole nitrogens is 1. The highest BCUT2D eigenvalue weighted by Crippen LogP contribution is 2.19. The van der Waals surface area contributed by atoms with Crippen LogP contribution in [0.25, 0.3) is 23.1 Å². The van der Waals surface area contributed by atoms with Gasteiger partial charge in [-0.3, -0.25) is 19.2 Å². The summed E-state index contributed by atoms with van der Waals surface area (Å²) in [6.07, 6.45) is 5.56. The number of aryl methyl sites for hydroxylation is 1. The Bertz CT molecular complexity index is 1650. The first-order valence-corrected chi connectivity index (χ1v) is 14.4. The molecule has 3 aromatic carbocycles. The van der Waals surface area contributed by atoms with Gasteiger partial charge in [-0.1, -0.05) is 79.4 Å². The molecular weight excluding hydrogens is 568 g/mol. The SMILES string of the molecule is C=Cc1ccc(CC(NC(C)=O)C(=O)NCC(=O)N[C@@H](Cc2c[nH]c3ccccc23)C(N)=O)cc1C=C.Cc1ccc(N)cc1. The van der Waals surface area contributed by atoms with E-state index in [0.29, 0.717) is 0 Å². The third-order valence-corrected chi connectivity index (χ3v) is 7.00. The van der Waals surface area contributed by atoms with E-state index in [1.807, 2.05) is 73.7 Å². The molecule has 0 aliphatic carbocycles. The van der Waals surface area contributed by atoms with Crippen LogP contribution in [-0.2, 0) is 32.0 Å². The number of hydrogen-bond donors (Lipinski definition) is 6. The number of aromatic amines is 1. The van der Waals surface area contributed by atoms with Crippen LogP contribution in [0.2, 0.25) is 0 Å². The summed E-state index contributed by atoms with van der Waals surface area (Å²) in [6.45, 7) is 10.5. The Morgan fingerprint density at radius 2 is 1.58 bits per heavy atom. The molecule has 8 N–H and O–H groups in total. The first-order valence-electron chi connectivity index (χ1n) is 14.4. The number of rotatable bonds is 12. The second-order valence-electron chi connectivity index (χ2n) is 10.5. The van der Waals surface area contributed by atoms with Gasteiger partial charge < -0.3 is 32.4 Å². The second-order valence-corrected chi connectivity index (χ2v) is 10.5. The molecule has 4 rings (SSSR count). The smallest absolute Gasteiger partial charge is 0.243 e. The average molecular weight is 609 g/mol. The van der Waals surface area contributed by atoms with Gasteiger partial charge in [-0.25, -0.2) is 0 Å². The number of carbonyl (C=O) groups is 4. The van der Waals surface area contributed by atoms with Crippen LogP contribution < -0.4 is 27.4 Å². The maximum atomic E-state index is 12.8. The van der Waals surface area contributed by atoms with E-state index in [4.69, 9.17) is 11.5 Å². The van der Waals surface area contributed by atoms with Crippen molar-refractivity contribution < 1.29 is 19.2 Å². The maximum Gasteiger partial charge on any atom is 0.243 e. The highest BCUT2D eigenvalue weighted by molar-refractivity contribution is 5.92. The zero-order valence-electron chi connectivity index (χ0n) is 25.6. The molecule has 0 radical (unpaired) electrons. The van der Waals surface area contributed by atoms with Crippen molar-refractivity contribution in [2.24, 2.45) is 5.73 Å². The number of carbonyl (C=O) groups excluding carboxylic acids is 4. The van der Waals surface area contributed by atoms with Crippen molar-refractivity contribution in [1.82, 2.24) is 20.9 Å². The number of hydrogen-bond acceptors (Lipinski definition) is 5. The van der Waals surface area contributed by atoms with E-state index in [1.165, 1.54) is 12.5 Å². The Labute approximate surface area is 263 Å². The van der Waals surface area contributed by atoms with Gasteiger partial charge in [0.25, 0.3) is 0 Å². The second kappa shape index (κ2) is 16.3. The van der Waals surface area contributed by atoms with Crippen molar-refractivity contribution in [3.05, 3.63) is 114 Å². The van der Waals surface area contributed by atoms with Gasteiger partial charge in [0.15, 0.2) is 0 Å². The minimum atomic E-state index is -0.963. The van der Waals surface area contributed by atoms with Crippen LogP contribution in [0.4, 0.5) is 5.69 Å². The van der Waals surface area contributed by atoms with Crippen molar-refractivity contribution in [1.29, 1.82) is 0 Å². The number of aromatic nitrogens is 1. The van der Waals surface area contributed by atoms with Crippen molar-refractivity contribution in [2.75, 3.05) is 12.3 Å². The van der Waals surface area contributed by atoms with Crippen LogP contribution in [0, 0.1) is 6.92 Å². The molecule has 0 aliphatic heterocycles. The number of nitrogen functional groups attached to an aromatic ring is 1. The van der Waals surface area contributed by atoms with Crippen LogP contribution >= 0.6 is 0 Å². The summed E-state index contributed by atoms with van der Waals surface area (Å²) in [6, 6.07) is 19.1. The summed E-state index contributed by atoms with van der Waals surface area (Å²) in [5.74, 6) is -2.20. The molecule has 10 nitrogen and oxygen atoms in total. The summed E-state index contributed by atoms with van der Waals surface area (Å²) < 4.78 is 0. The molecule has 0 aliphatic rings. The fourth-order valence-electron chi connectivity index (χ4n) is 4.65. The number of nitrogens with one attached hydrogen (secondary N) is 4. The first-order chi connectivity index (χ1) is 21.5. The fraction of sp³-hybridized carbons (Fsp3) is 0.200. The van der Waals surface area contributed by atoms with Crippen LogP contribution in [-0.4, -0.2) is 47.2 Å². The molecule has 0 fully saturated rings. The molecule has 45 heavy (non-hydrogen) atoms. The lowest BCUT2D eigenvalue weighted by Gasteiger charge is -2.19. The number of benzene rings is 3. The normalized spacial score (nSPS) is 11.7. The quantitative estimate of drug-likeness (QED) is 0.135. The monoisotopic (exact) mass is 608 g/mol. The molecule has 4 aromatic rings. The Morgan fingerprint density at radius 3 is 2.20 bits per heavy atom. The van der Waals surface area contributed by atoms with Gasteiger partial charge in [-0.05, 0) is 47.4 Å². The zero-order valence-corrected chi connectivity index (χ0v) is 25.6. The van der Waals surface area contributed by atoms with Crippen molar-refractivity contribution in [3.63, 3.8) is 0 Å². The lowest BCUT2D eigenvalue weighted by Crippen LogP contribution is -2.52. The molecule has 0 saturated heterocycles. The number of fused-ring (bicyclic) bond motifs is 1. The van der Waals surface area contributed by atoms with E-state index in [0.717, 1.165) is 38.8 Å². The number of nitrogens with two attached hydrogens (primary N) is 2. The molecule has 1 heterocycles. The van der Waals surface area contributed by atoms with Crippen LogP contribution in [0.3, 0.4) is 0 Å². The zero-order chi connectivity index (χ0) is 32.9. The Hall–Kier alpha value is -5.64. The van der Waals surface area contributed by atoms with Gasteiger partial charge in [0.2, 0.25) is 23.6 Å². The van der Waals surface area contributed by atoms with E-state index in [2.05, 4.69) is 34.1 Å². The van der Waals surface area contributed by atoms with Crippen LogP contribution in [0.5, 0.6) is 0 Å². The highest BCUT2D eigenvalue weighted by Gasteiger charge is 2.23. The molecule has 4 amide bonds. The minimum Gasteiger partial charge on any atom is -0.399 e. The van der Waals surface area contributed by atoms with Crippen LogP contribution in [0.15, 0.2) is 86.1 Å². The van der Waals surface area contributed by atoms with Gasteiger partial charge in [0.1, 0.15) is 12.1 Å². The van der Waals surface area contributed by atoms with E-state index in [9.17, 15) is 19.2 Å². The average Bonchev–Trinajstić information content (AvgIpc) is 3.43. The van der Waals surface area contributed by atoms with Crippen molar-refractivity contribution >= 4 is 52.4 Å². The maximum absolute atomic E-state index is 12.8. The molecule has 1 aromatic heterocycles. The summed E-state index contributed by atoms with van der Waals surface area (Å²) in [5.41, 5.74) is 17.3. The molecule has 0 spiro atoms. The van der Waals surface area contributed by atoms with Crippen molar-refractivity contribution in [3.8, 4) is 0 Å². The van der Waals surface area contributed by atoms with E-state index < -0.39 is 29.8 Å².